The Balaban J connectivity index is 2.17. The number of aryl methyl sites for hydroxylation is 2. The molecule has 1 fully saturated rings. The Kier molecular flexibility index (Phi) is 5.02. The lowest BCUT2D eigenvalue weighted by molar-refractivity contribution is 0.276. The number of aromatic nitrogens is 2. The van der Waals surface area contributed by atoms with Crippen molar-refractivity contribution in [2.45, 2.75) is 49.3 Å². The lowest BCUT2D eigenvalue weighted by Gasteiger charge is -2.13. The fourth-order valence-electron chi connectivity index (χ4n) is 2.40. The van der Waals surface area contributed by atoms with E-state index in [0.717, 1.165) is 12.8 Å². The lowest BCUT2D eigenvalue weighted by atomic mass is 10.4. The Morgan fingerprint density at radius 1 is 1.43 bits per heavy atom. The summed E-state index contributed by atoms with van der Waals surface area (Å²) < 4.78 is 29.5. The molecule has 120 valence electrons. The minimum atomic E-state index is -3.54. The van der Waals surface area contributed by atoms with Crippen LogP contribution in [-0.2, 0) is 16.6 Å². The molecule has 0 aromatic carbocycles. The topological polar surface area (TPSA) is 84.2 Å². The summed E-state index contributed by atoms with van der Waals surface area (Å²) in [5.41, 5.74) is 1.13. The molecule has 0 radical (unpaired) electrons. The first-order valence-corrected chi connectivity index (χ1v) is 9.76. The van der Waals surface area contributed by atoms with Crippen molar-refractivity contribution >= 4 is 21.8 Å². The van der Waals surface area contributed by atoms with Crippen LogP contribution in [0.1, 0.15) is 30.7 Å². The van der Waals surface area contributed by atoms with Crippen LogP contribution in [0, 0.1) is 13.8 Å². The number of rotatable bonds is 8. The van der Waals surface area contributed by atoms with Crippen LogP contribution in [0.4, 0.5) is 0 Å². The molecular formula is C13H23N3O3S2. The van der Waals surface area contributed by atoms with Gasteiger partial charge in [0.15, 0.2) is 0 Å². The van der Waals surface area contributed by atoms with Gasteiger partial charge < -0.3 is 5.11 Å². The zero-order chi connectivity index (χ0) is 15.7. The maximum atomic E-state index is 12.5. The molecule has 2 rings (SSSR count). The predicted molar refractivity (Wildman–Crippen MR) is 84.1 cm³/mol. The number of aliphatic hydroxyl groups excluding tert-OH is 1. The molecule has 1 aromatic heterocycles. The van der Waals surface area contributed by atoms with Crippen LogP contribution in [0.15, 0.2) is 4.90 Å². The molecular weight excluding hydrogens is 310 g/mol. The largest absolute Gasteiger partial charge is 0.396 e. The van der Waals surface area contributed by atoms with Gasteiger partial charge in [0.05, 0.1) is 11.4 Å². The third kappa shape index (κ3) is 3.61. The SMILES string of the molecule is CSC1(CNS(=O)(=O)c2c(C)nn(CCCO)c2C)CC1. The van der Waals surface area contributed by atoms with Gasteiger partial charge in [0.1, 0.15) is 4.90 Å². The molecule has 2 N–H and O–H groups in total. The summed E-state index contributed by atoms with van der Waals surface area (Å²) in [5, 5.41) is 13.2. The van der Waals surface area contributed by atoms with Crippen LogP contribution < -0.4 is 4.72 Å². The summed E-state index contributed by atoms with van der Waals surface area (Å²) in [6.45, 7) is 4.52. The van der Waals surface area contributed by atoms with Crippen LogP contribution in [0.25, 0.3) is 0 Å². The molecule has 1 heterocycles. The molecule has 1 aliphatic rings. The third-order valence-electron chi connectivity index (χ3n) is 3.94. The zero-order valence-electron chi connectivity index (χ0n) is 12.7. The average Bonchev–Trinajstić information content (AvgIpc) is 3.16. The van der Waals surface area contributed by atoms with Crippen molar-refractivity contribution in [1.82, 2.24) is 14.5 Å². The van der Waals surface area contributed by atoms with E-state index in [1.165, 1.54) is 0 Å². The predicted octanol–water partition coefficient (Wildman–Crippen LogP) is 1.06. The number of thioether (sulfide) groups is 1. The van der Waals surface area contributed by atoms with Crippen molar-refractivity contribution in [2.24, 2.45) is 0 Å². The van der Waals surface area contributed by atoms with Crippen molar-refractivity contribution in [3.8, 4) is 0 Å². The van der Waals surface area contributed by atoms with Crippen LogP contribution in [0.2, 0.25) is 0 Å². The Hall–Kier alpha value is -0.570. The summed E-state index contributed by atoms with van der Waals surface area (Å²) in [6, 6.07) is 0. The highest BCUT2D eigenvalue weighted by atomic mass is 32.2. The molecule has 0 saturated heterocycles. The van der Waals surface area contributed by atoms with Crippen molar-refractivity contribution in [3.05, 3.63) is 11.4 Å². The van der Waals surface area contributed by atoms with E-state index < -0.39 is 10.0 Å². The second kappa shape index (κ2) is 6.28. The first kappa shape index (κ1) is 16.8. The number of hydrogen-bond acceptors (Lipinski definition) is 5. The van der Waals surface area contributed by atoms with Gasteiger partial charge in [-0.25, -0.2) is 13.1 Å². The maximum Gasteiger partial charge on any atom is 0.244 e. The Labute approximate surface area is 130 Å². The van der Waals surface area contributed by atoms with E-state index >= 15 is 0 Å². The minimum absolute atomic E-state index is 0.0644. The van der Waals surface area contributed by atoms with E-state index in [2.05, 4.69) is 9.82 Å². The molecule has 1 saturated carbocycles. The van der Waals surface area contributed by atoms with Gasteiger partial charge in [0, 0.05) is 24.4 Å². The smallest absolute Gasteiger partial charge is 0.244 e. The van der Waals surface area contributed by atoms with Crippen molar-refractivity contribution < 1.29 is 13.5 Å². The van der Waals surface area contributed by atoms with Gasteiger partial charge in [0.2, 0.25) is 10.0 Å². The van der Waals surface area contributed by atoms with E-state index in [-0.39, 0.29) is 16.2 Å². The summed E-state index contributed by atoms with van der Waals surface area (Å²) in [7, 11) is -3.54. The number of nitrogens with one attached hydrogen (secondary N) is 1. The first-order chi connectivity index (χ1) is 9.85. The van der Waals surface area contributed by atoms with Crippen molar-refractivity contribution in [3.63, 3.8) is 0 Å². The van der Waals surface area contributed by atoms with E-state index in [9.17, 15) is 8.42 Å². The minimum Gasteiger partial charge on any atom is -0.396 e. The Morgan fingerprint density at radius 2 is 2.10 bits per heavy atom. The standard InChI is InChI=1S/C13H23N3O3S2/c1-10-12(11(2)16(15-10)7-4-8-17)21(18,19)14-9-13(20-3)5-6-13/h14,17H,4-9H2,1-3H3. The summed E-state index contributed by atoms with van der Waals surface area (Å²) in [4.78, 5) is 0.275. The number of nitrogens with zero attached hydrogens (tertiary/aromatic N) is 2. The fourth-order valence-corrected chi connectivity index (χ4v) is 4.75. The summed E-state index contributed by atoms with van der Waals surface area (Å²) in [5.74, 6) is 0. The van der Waals surface area contributed by atoms with E-state index in [4.69, 9.17) is 5.11 Å². The number of aliphatic hydroxyl groups is 1. The van der Waals surface area contributed by atoms with Gasteiger partial charge >= 0.3 is 0 Å². The zero-order valence-corrected chi connectivity index (χ0v) is 14.4. The molecule has 0 spiro atoms. The summed E-state index contributed by atoms with van der Waals surface area (Å²) in [6.07, 6.45) is 4.70. The van der Waals surface area contributed by atoms with Crippen LogP contribution in [-0.4, -0.2) is 47.5 Å². The van der Waals surface area contributed by atoms with Gasteiger partial charge in [0.25, 0.3) is 0 Å². The monoisotopic (exact) mass is 333 g/mol. The number of hydrogen-bond donors (Lipinski definition) is 2. The van der Waals surface area contributed by atoms with Gasteiger partial charge in [-0.15, -0.1) is 0 Å². The second-order valence-electron chi connectivity index (χ2n) is 5.51. The van der Waals surface area contributed by atoms with Crippen LogP contribution >= 0.6 is 11.8 Å². The highest BCUT2D eigenvalue weighted by Gasteiger charge is 2.43. The molecule has 0 amide bonds. The van der Waals surface area contributed by atoms with Gasteiger partial charge in [-0.05, 0) is 39.4 Å². The van der Waals surface area contributed by atoms with Gasteiger partial charge in [-0.3, -0.25) is 4.68 Å². The van der Waals surface area contributed by atoms with Gasteiger partial charge in [-0.2, -0.15) is 16.9 Å². The Morgan fingerprint density at radius 3 is 2.62 bits per heavy atom. The highest BCUT2D eigenvalue weighted by Crippen LogP contribution is 2.46. The molecule has 21 heavy (non-hydrogen) atoms. The average molecular weight is 333 g/mol. The van der Waals surface area contributed by atoms with Crippen LogP contribution in [0.5, 0.6) is 0 Å². The molecule has 0 unspecified atom stereocenters. The Bertz CT molecular complexity index is 606. The van der Waals surface area contributed by atoms with E-state index in [0.29, 0.717) is 30.9 Å². The van der Waals surface area contributed by atoms with E-state index in [1.54, 1.807) is 30.3 Å². The lowest BCUT2D eigenvalue weighted by Crippen LogP contribution is -2.32. The first-order valence-electron chi connectivity index (χ1n) is 7.05. The highest BCUT2D eigenvalue weighted by molar-refractivity contribution is 8.00. The number of sulfonamides is 1. The van der Waals surface area contributed by atoms with Crippen LogP contribution in [0.3, 0.4) is 0 Å². The maximum absolute atomic E-state index is 12.5. The molecule has 0 atom stereocenters. The van der Waals surface area contributed by atoms with Crippen molar-refractivity contribution in [1.29, 1.82) is 0 Å². The normalized spacial score (nSPS) is 17.1. The fraction of sp³-hybridized carbons (Fsp3) is 0.769. The summed E-state index contributed by atoms with van der Waals surface area (Å²) >= 11 is 1.72. The molecule has 0 bridgehead atoms. The van der Waals surface area contributed by atoms with Gasteiger partial charge in [-0.1, -0.05) is 0 Å². The molecule has 0 aliphatic heterocycles. The third-order valence-corrected chi connectivity index (χ3v) is 7.01. The second-order valence-corrected chi connectivity index (χ2v) is 8.49. The van der Waals surface area contributed by atoms with Crippen molar-refractivity contribution in [2.75, 3.05) is 19.4 Å². The van der Waals surface area contributed by atoms with E-state index in [1.807, 2.05) is 6.26 Å². The molecule has 8 heteroatoms. The quantitative estimate of drug-likeness (QED) is 0.743. The molecule has 6 nitrogen and oxygen atoms in total. The molecule has 1 aromatic rings. The molecule has 1 aliphatic carbocycles.